The number of esters is 2. The molecule has 0 heterocycles. The maximum Gasteiger partial charge on any atom is 0.339 e. The number of carbonyl (C=O) groups excluding carboxylic acids is 2. The lowest BCUT2D eigenvalue weighted by molar-refractivity contribution is -0.138. The Morgan fingerprint density at radius 2 is 1.13 bits per heavy atom. The van der Waals surface area contributed by atoms with Crippen LogP contribution in [0.1, 0.15) is 61.7 Å². The van der Waals surface area contributed by atoms with Gasteiger partial charge in [-0.3, -0.25) is 0 Å². The van der Waals surface area contributed by atoms with Gasteiger partial charge < -0.3 is 24.1 Å². The Balaban J connectivity index is 2.01. The fourth-order valence-corrected chi connectivity index (χ4v) is 3.79. The summed E-state index contributed by atoms with van der Waals surface area (Å²) in [6, 6.07) is 12.9. The molecule has 0 spiro atoms. The second kappa shape index (κ2) is 18.2. The van der Waals surface area contributed by atoms with Crippen LogP contribution in [0.3, 0.4) is 0 Å². The number of unbranched alkanes of at least 4 members (excludes halogenated alkanes) is 6. The van der Waals surface area contributed by atoms with E-state index in [0.29, 0.717) is 38.6 Å². The second-order valence-corrected chi connectivity index (χ2v) is 8.76. The minimum absolute atomic E-state index is 0.0463. The Kier molecular flexibility index (Phi) is 14.6. The molecule has 0 unspecified atom stereocenters. The normalized spacial score (nSPS) is 10.4. The van der Waals surface area contributed by atoms with Gasteiger partial charge in [0.05, 0.1) is 26.4 Å². The molecule has 0 atom stereocenters. The lowest BCUT2D eigenvalue weighted by atomic mass is 10.0. The van der Waals surface area contributed by atoms with E-state index in [4.69, 9.17) is 18.9 Å². The maximum absolute atomic E-state index is 12.0. The van der Waals surface area contributed by atoms with Gasteiger partial charge >= 0.3 is 17.9 Å². The van der Waals surface area contributed by atoms with Crippen molar-refractivity contribution in [3.8, 4) is 22.6 Å². The molecule has 0 saturated carbocycles. The molecule has 2 rings (SSSR count). The van der Waals surface area contributed by atoms with Crippen molar-refractivity contribution in [1.29, 1.82) is 0 Å². The van der Waals surface area contributed by atoms with Gasteiger partial charge in [-0.2, -0.15) is 0 Å². The summed E-state index contributed by atoms with van der Waals surface area (Å²) in [6.45, 7) is 8.14. The molecule has 0 aromatic heterocycles. The predicted octanol–water partition coefficient (Wildman–Crippen LogP) is 6.39. The largest absolute Gasteiger partial charge is 0.489 e. The highest BCUT2D eigenvalue weighted by Crippen LogP contribution is 2.41. The molecule has 0 aliphatic rings. The van der Waals surface area contributed by atoms with Gasteiger partial charge in [-0.1, -0.05) is 43.5 Å². The van der Waals surface area contributed by atoms with Crippen LogP contribution in [-0.4, -0.2) is 49.4 Å². The van der Waals surface area contributed by atoms with Gasteiger partial charge in [0, 0.05) is 17.7 Å². The zero-order valence-corrected chi connectivity index (χ0v) is 22.4. The van der Waals surface area contributed by atoms with E-state index in [1.165, 1.54) is 0 Å². The van der Waals surface area contributed by atoms with E-state index in [-0.39, 0.29) is 11.3 Å². The van der Waals surface area contributed by atoms with Crippen molar-refractivity contribution in [3.05, 3.63) is 73.3 Å². The van der Waals surface area contributed by atoms with E-state index >= 15 is 0 Å². The Hall–Kier alpha value is -4.07. The molecule has 210 valence electrons. The topological polar surface area (TPSA) is 108 Å². The van der Waals surface area contributed by atoms with Crippen molar-refractivity contribution < 1.29 is 38.4 Å². The lowest BCUT2D eigenvalue weighted by Gasteiger charge is -2.19. The van der Waals surface area contributed by atoms with E-state index < -0.39 is 17.9 Å². The number of ether oxygens (including phenoxy) is 4. The third-order valence-electron chi connectivity index (χ3n) is 5.82. The summed E-state index contributed by atoms with van der Waals surface area (Å²) in [7, 11) is 0. The van der Waals surface area contributed by atoms with Crippen molar-refractivity contribution >= 4 is 17.9 Å². The number of benzene rings is 2. The zero-order valence-electron chi connectivity index (χ0n) is 22.4. The monoisotopic (exact) mass is 538 g/mol. The minimum Gasteiger partial charge on any atom is -0.489 e. The van der Waals surface area contributed by atoms with Crippen LogP contribution in [0.15, 0.2) is 67.8 Å². The average molecular weight is 539 g/mol. The van der Waals surface area contributed by atoms with Crippen molar-refractivity contribution in [2.45, 2.75) is 51.4 Å². The Bertz CT molecular complexity index is 1080. The van der Waals surface area contributed by atoms with Crippen LogP contribution < -0.4 is 9.47 Å². The summed E-state index contributed by atoms with van der Waals surface area (Å²) in [6.07, 6.45) is 8.63. The number of carboxylic acids is 1. The van der Waals surface area contributed by atoms with Crippen molar-refractivity contribution in [2.75, 3.05) is 26.4 Å². The van der Waals surface area contributed by atoms with Crippen molar-refractivity contribution in [3.63, 3.8) is 0 Å². The van der Waals surface area contributed by atoms with Gasteiger partial charge in [0.25, 0.3) is 0 Å². The number of carbonyl (C=O) groups is 3. The fraction of sp³-hybridized carbons (Fsp3) is 0.387. The van der Waals surface area contributed by atoms with Crippen LogP contribution >= 0.6 is 0 Å². The molecule has 2 aromatic carbocycles. The highest BCUT2D eigenvalue weighted by atomic mass is 16.5. The fourth-order valence-electron chi connectivity index (χ4n) is 3.79. The molecule has 39 heavy (non-hydrogen) atoms. The van der Waals surface area contributed by atoms with E-state index in [9.17, 15) is 19.5 Å². The summed E-state index contributed by atoms with van der Waals surface area (Å²) in [5, 5.41) is 9.84. The van der Waals surface area contributed by atoms with Crippen molar-refractivity contribution in [1.82, 2.24) is 0 Å². The first-order valence-electron chi connectivity index (χ1n) is 13.3. The van der Waals surface area contributed by atoms with E-state index in [1.807, 2.05) is 30.3 Å². The first-order valence-corrected chi connectivity index (χ1v) is 13.3. The highest BCUT2D eigenvalue weighted by Gasteiger charge is 2.21. The zero-order chi connectivity index (χ0) is 28.3. The summed E-state index contributed by atoms with van der Waals surface area (Å²) >= 11 is 0. The predicted molar refractivity (Wildman–Crippen MR) is 149 cm³/mol. The van der Waals surface area contributed by atoms with Crippen LogP contribution in [0.2, 0.25) is 0 Å². The molecule has 0 bridgehead atoms. The molecule has 2 aromatic rings. The minimum atomic E-state index is -1.09. The molecule has 1 N–H and O–H groups in total. The van der Waals surface area contributed by atoms with Gasteiger partial charge in [0.15, 0.2) is 11.5 Å². The van der Waals surface area contributed by atoms with Crippen LogP contribution in [0.25, 0.3) is 11.1 Å². The number of hydrogen-bond acceptors (Lipinski definition) is 7. The maximum atomic E-state index is 12.0. The molecule has 0 radical (unpaired) electrons. The van der Waals surface area contributed by atoms with Crippen LogP contribution in [-0.2, 0) is 19.1 Å². The highest BCUT2D eigenvalue weighted by molar-refractivity contribution is 5.94. The van der Waals surface area contributed by atoms with Gasteiger partial charge in [-0.05, 0) is 69.1 Å². The lowest BCUT2D eigenvalue weighted by Crippen LogP contribution is -2.09. The Morgan fingerprint density at radius 1 is 0.641 bits per heavy atom. The van der Waals surface area contributed by atoms with Gasteiger partial charge in [0.2, 0.25) is 0 Å². The molecule has 0 aliphatic carbocycles. The van der Waals surface area contributed by atoms with Crippen LogP contribution in [0.5, 0.6) is 11.5 Å². The van der Waals surface area contributed by atoms with Gasteiger partial charge in [-0.15, -0.1) is 0 Å². The third-order valence-corrected chi connectivity index (χ3v) is 5.82. The molecule has 0 saturated heterocycles. The Morgan fingerprint density at radius 3 is 1.62 bits per heavy atom. The molecular weight excluding hydrogens is 500 g/mol. The van der Waals surface area contributed by atoms with Crippen molar-refractivity contribution in [2.24, 2.45) is 0 Å². The first kappa shape index (κ1) is 31.1. The molecule has 0 aliphatic heterocycles. The summed E-state index contributed by atoms with van der Waals surface area (Å²) in [4.78, 5) is 34.2. The van der Waals surface area contributed by atoms with E-state index in [0.717, 1.165) is 68.2 Å². The van der Waals surface area contributed by atoms with Gasteiger partial charge in [-0.25, -0.2) is 14.4 Å². The second-order valence-electron chi connectivity index (χ2n) is 8.76. The molecule has 8 heteroatoms. The smallest absolute Gasteiger partial charge is 0.339 e. The average Bonchev–Trinajstić information content (AvgIpc) is 2.95. The number of rotatable bonds is 20. The SMILES string of the molecule is C=CC(=O)OCCCCCCOc1c(C(=O)O)ccc(-c2ccccc2)c1OCCCCCCOC(=O)C=C. The quantitative estimate of drug-likeness (QED) is 0.117. The number of aromatic carboxylic acids is 1. The van der Waals surface area contributed by atoms with Gasteiger partial charge in [0.1, 0.15) is 5.56 Å². The molecule has 0 amide bonds. The molecule has 8 nitrogen and oxygen atoms in total. The first-order chi connectivity index (χ1) is 19.0. The van der Waals surface area contributed by atoms with E-state index in [2.05, 4.69) is 13.2 Å². The molecular formula is C31H38O8. The summed E-state index contributed by atoms with van der Waals surface area (Å²) in [5.74, 6) is -1.31. The molecule has 0 fully saturated rings. The van der Waals surface area contributed by atoms with E-state index in [1.54, 1.807) is 12.1 Å². The summed E-state index contributed by atoms with van der Waals surface area (Å²) in [5.41, 5.74) is 1.70. The van der Waals surface area contributed by atoms with Crippen LogP contribution in [0, 0.1) is 0 Å². The number of hydrogen-bond donors (Lipinski definition) is 1. The number of carboxylic acid groups (broad SMARTS) is 1. The third kappa shape index (κ3) is 11.5. The van der Waals surface area contributed by atoms with Crippen LogP contribution in [0.4, 0.5) is 0 Å². The summed E-state index contributed by atoms with van der Waals surface area (Å²) < 4.78 is 22.2. The standard InChI is InChI=1S/C31H38O8/c1-3-27(32)36-20-12-5-7-14-22-38-29-25(24-16-10-9-11-17-24)18-19-26(31(34)35)30(29)39-23-15-8-6-13-21-37-28(33)4-2/h3-4,9-11,16-19H,1-2,5-8,12-15,20-23H2,(H,34,35). The Labute approximate surface area is 230 Å².